The van der Waals surface area contributed by atoms with E-state index in [2.05, 4.69) is 66.1 Å². The standard InChI is InChI=1S/C22H23N5/c1-2-20-8-5-6-10-21(20)9-4-3-7-15-27-25-22(24-26-27)16-18-11-13-19(17-23)14-12-18/h3-14,26H,2,15-16H2,1H3,(H,24,25)/p+1. The Balaban J connectivity index is 1.49. The van der Waals surface area contributed by atoms with Crippen LogP contribution in [0.15, 0.2) is 71.9 Å². The average Bonchev–Trinajstić information content (AvgIpc) is 3.16. The van der Waals surface area contributed by atoms with Gasteiger partial charge in [-0.3, -0.25) is 0 Å². The molecule has 2 aromatic rings. The summed E-state index contributed by atoms with van der Waals surface area (Å²) < 4.78 is 0. The normalized spacial score (nSPS) is 14.1. The highest BCUT2D eigenvalue weighted by molar-refractivity contribution is 5.75. The number of aryl methyl sites for hydroxylation is 1. The van der Waals surface area contributed by atoms with Crippen LogP contribution in [0.25, 0.3) is 6.08 Å². The number of nitrogens with one attached hydrogen (secondary N) is 1. The smallest absolute Gasteiger partial charge is 0.203 e. The Bertz CT molecular complexity index is 888. The van der Waals surface area contributed by atoms with Crippen LogP contribution < -0.4 is 11.0 Å². The second-order valence-corrected chi connectivity index (χ2v) is 6.27. The molecule has 2 aromatic carbocycles. The predicted octanol–water partition coefficient (Wildman–Crippen LogP) is 2.54. The number of rotatable bonds is 7. The fourth-order valence-electron chi connectivity index (χ4n) is 2.87. The van der Waals surface area contributed by atoms with Crippen LogP contribution in [0.4, 0.5) is 0 Å². The quantitative estimate of drug-likeness (QED) is 0.590. The third kappa shape index (κ3) is 5.38. The third-order valence-corrected chi connectivity index (χ3v) is 4.33. The van der Waals surface area contributed by atoms with Crippen LogP contribution in [0.1, 0.15) is 29.2 Å². The van der Waals surface area contributed by atoms with Gasteiger partial charge in [-0.05, 0) is 35.2 Å². The number of allylic oxidation sites excluding steroid dienone is 2. The molecule has 3 N–H and O–H groups in total. The van der Waals surface area contributed by atoms with E-state index < -0.39 is 0 Å². The number of amidine groups is 1. The molecule has 5 heteroatoms. The van der Waals surface area contributed by atoms with Crippen LogP contribution in [0.2, 0.25) is 0 Å². The van der Waals surface area contributed by atoms with Crippen LogP contribution in [-0.4, -0.2) is 17.5 Å². The Morgan fingerprint density at radius 1 is 1.15 bits per heavy atom. The van der Waals surface area contributed by atoms with E-state index in [-0.39, 0.29) is 0 Å². The summed E-state index contributed by atoms with van der Waals surface area (Å²) in [4.78, 5) is 0. The Labute approximate surface area is 160 Å². The zero-order valence-corrected chi connectivity index (χ0v) is 15.5. The van der Waals surface area contributed by atoms with Crippen molar-refractivity contribution in [3.8, 4) is 6.07 Å². The van der Waals surface area contributed by atoms with E-state index in [0.29, 0.717) is 12.1 Å². The lowest BCUT2D eigenvalue weighted by molar-refractivity contribution is -0.621. The third-order valence-electron chi connectivity index (χ3n) is 4.33. The lowest BCUT2D eigenvalue weighted by atomic mass is 10.1. The summed E-state index contributed by atoms with van der Waals surface area (Å²) in [6.45, 7) is 2.86. The second-order valence-electron chi connectivity index (χ2n) is 6.27. The topological polar surface area (TPSA) is 68.0 Å². The number of nitrogens with zero attached hydrogens (tertiary/aromatic N) is 3. The SMILES string of the molecule is CCc1ccccc1C=CC=CCN1N=C(Cc2ccc(C#N)cc2)[NH2+]N1. The average molecular weight is 358 g/mol. The molecular weight excluding hydrogens is 334 g/mol. The zero-order valence-electron chi connectivity index (χ0n) is 15.5. The molecule has 0 fully saturated rings. The molecule has 0 bridgehead atoms. The largest absolute Gasteiger partial charge is 0.243 e. The second kappa shape index (κ2) is 9.48. The minimum absolute atomic E-state index is 0.676. The molecule has 5 nitrogen and oxygen atoms in total. The molecule has 0 spiro atoms. The number of quaternary nitrogens is 1. The van der Waals surface area contributed by atoms with Gasteiger partial charge in [0, 0.05) is 0 Å². The van der Waals surface area contributed by atoms with Gasteiger partial charge in [-0.15, -0.1) is 5.10 Å². The Kier molecular flexibility index (Phi) is 6.53. The van der Waals surface area contributed by atoms with Crippen molar-refractivity contribution < 1.29 is 5.43 Å². The van der Waals surface area contributed by atoms with Gasteiger partial charge in [0.05, 0.1) is 24.6 Å². The van der Waals surface area contributed by atoms with E-state index in [0.717, 1.165) is 24.2 Å². The molecule has 136 valence electrons. The molecular formula is C22H24N5+. The maximum atomic E-state index is 8.85. The van der Waals surface area contributed by atoms with E-state index in [1.807, 2.05) is 40.9 Å². The summed E-state index contributed by atoms with van der Waals surface area (Å²) in [6.07, 6.45) is 10.1. The number of nitriles is 1. The van der Waals surface area contributed by atoms with E-state index in [1.165, 1.54) is 11.1 Å². The van der Waals surface area contributed by atoms with Crippen molar-refractivity contribution in [2.75, 3.05) is 6.54 Å². The molecule has 0 aromatic heterocycles. The van der Waals surface area contributed by atoms with Crippen molar-refractivity contribution in [2.24, 2.45) is 5.10 Å². The van der Waals surface area contributed by atoms with Crippen molar-refractivity contribution in [1.82, 2.24) is 10.7 Å². The van der Waals surface area contributed by atoms with Gasteiger partial charge in [0.1, 0.15) is 0 Å². The summed E-state index contributed by atoms with van der Waals surface area (Å²) in [5, 5.41) is 15.2. The van der Waals surface area contributed by atoms with Crippen molar-refractivity contribution >= 4 is 11.9 Å². The maximum absolute atomic E-state index is 8.85. The number of hydrazine groups is 1. The summed E-state index contributed by atoms with van der Waals surface area (Å²) in [7, 11) is 0. The number of hydrogen-bond donors (Lipinski definition) is 2. The maximum Gasteiger partial charge on any atom is 0.243 e. The number of hydrogen-bond acceptors (Lipinski definition) is 4. The number of nitrogens with two attached hydrogens (primary N) is 1. The minimum Gasteiger partial charge on any atom is -0.203 e. The fraction of sp³-hybridized carbons (Fsp3) is 0.182. The molecule has 0 aliphatic carbocycles. The predicted molar refractivity (Wildman–Crippen MR) is 108 cm³/mol. The van der Waals surface area contributed by atoms with Gasteiger partial charge in [0.15, 0.2) is 0 Å². The molecule has 1 aliphatic rings. The molecule has 0 saturated carbocycles. The Morgan fingerprint density at radius 2 is 1.96 bits per heavy atom. The van der Waals surface area contributed by atoms with Crippen LogP contribution in [0, 0.1) is 11.3 Å². The van der Waals surface area contributed by atoms with Crippen LogP contribution in [0.3, 0.4) is 0 Å². The summed E-state index contributed by atoms with van der Waals surface area (Å²) >= 11 is 0. The van der Waals surface area contributed by atoms with Crippen LogP contribution >= 0.6 is 0 Å². The van der Waals surface area contributed by atoms with E-state index in [4.69, 9.17) is 5.26 Å². The first-order valence-corrected chi connectivity index (χ1v) is 9.13. The van der Waals surface area contributed by atoms with Gasteiger partial charge in [-0.2, -0.15) is 10.4 Å². The monoisotopic (exact) mass is 358 g/mol. The highest BCUT2D eigenvalue weighted by Gasteiger charge is 2.16. The lowest BCUT2D eigenvalue weighted by Gasteiger charge is -2.05. The van der Waals surface area contributed by atoms with Crippen LogP contribution in [0.5, 0.6) is 0 Å². The summed E-state index contributed by atoms with van der Waals surface area (Å²) in [5.41, 5.74) is 9.51. The fourth-order valence-corrected chi connectivity index (χ4v) is 2.87. The van der Waals surface area contributed by atoms with E-state index in [9.17, 15) is 0 Å². The molecule has 27 heavy (non-hydrogen) atoms. The number of benzene rings is 2. The zero-order chi connectivity index (χ0) is 18.9. The Morgan fingerprint density at radius 3 is 2.74 bits per heavy atom. The Hall–Kier alpha value is -3.20. The van der Waals surface area contributed by atoms with Gasteiger partial charge in [0.2, 0.25) is 5.84 Å². The highest BCUT2D eigenvalue weighted by atomic mass is 15.9. The molecule has 1 aliphatic heterocycles. The lowest BCUT2D eigenvalue weighted by Crippen LogP contribution is -2.95. The minimum atomic E-state index is 0.676. The van der Waals surface area contributed by atoms with Gasteiger partial charge >= 0.3 is 0 Å². The molecule has 0 atom stereocenters. The van der Waals surface area contributed by atoms with Crippen molar-refractivity contribution in [3.63, 3.8) is 0 Å². The molecule has 0 radical (unpaired) electrons. The van der Waals surface area contributed by atoms with E-state index in [1.54, 1.807) is 0 Å². The van der Waals surface area contributed by atoms with Crippen molar-refractivity contribution in [2.45, 2.75) is 19.8 Å². The first kappa shape index (κ1) is 18.6. The van der Waals surface area contributed by atoms with Crippen molar-refractivity contribution in [3.05, 3.63) is 89.0 Å². The number of hydrazone groups is 1. The molecule has 0 amide bonds. The van der Waals surface area contributed by atoms with Crippen LogP contribution in [-0.2, 0) is 12.8 Å². The highest BCUT2D eigenvalue weighted by Crippen LogP contribution is 2.11. The summed E-state index contributed by atoms with van der Waals surface area (Å²) in [5.74, 6) is 0.973. The van der Waals surface area contributed by atoms with Gasteiger partial charge in [0.25, 0.3) is 0 Å². The summed E-state index contributed by atoms with van der Waals surface area (Å²) in [6, 6.07) is 18.2. The van der Waals surface area contributed by atoms with E-state index >= 15 is 0 Å². The molecule has 1 heterocycles. The molecule has 0 unspecified atom stereocenters. The molecule has 0 saturated heterocycles. The van der Waals surface area contributed by atoms with Gasteiger partial charge in [-0.25, -0.2) is 5.43 Å². The van der Waals surface area contributed by atoms with Gasteiger partial charge < -0.3 is 0 Å². The van der Waals surface area contributed by atoms with Crippen molar-refractivity contribution in [1.29, 1.82) is 5.26 Å². The first-order chi connectivity index (χ1) is 13.3. The first-order valence-electron chi connectivity index (χ1n) is 9.13. The van der Waals surface area contributed by atoms with Gasteiger partial charge in [-0.1, -0.05) is 73.2 Å². The molecule has 3 rings (SSSR count).